The van der Waals surface area contributed by atoms with Crippen LogP contribution in [0.1, 0.15) is 88.2 Å². The number of ether oxygens (including phenoxy) is 3. The molecule has 0 unspecified atom stereocenters. The Labute approximate surface area is 308 Å². The quantitative estimate of drug-likeness (QED) is 0.156. The van der Waals surface area contributed by atoms with Gasteiger partial charge in [-0.1, -0.05) is 0 Å². The van der Waals surface area contributed by atoms with Gasteiger partial charge >= 0.3 is 0 Å². The molecule has 0 saturated heterocycles. The van der Waals surface area contributed by atoms with Gasteiger partial charge in [-0.15, -0.1) is 0 Å². The number of nitrogen functional groups attached to an aromatic ring is 3. The van der Waals surface area contributed by atoms with Crippen molar-refractivity contribution in [1.29, 1.82) is 0 Å². The van der Waals surface area contributed by atoms with Crippen LogP contribution in [0, 0.1) is 53.0 Å². The molecule has 9 heteroatoms. The van der Waals surface area contributed by atoms with Crippen LogP contribution in [0.5, 0.6) is 34.5 Å². The van der Waals surface area contributed by atoms with Gasteiger partial charge in [0.15, 0.2) is 11.5 Å². The van der Waals surface area contributed by atoms with Crippen molar-refractivity contribution in [3.8, 4) is 34.5 Å². The molecular formula is C44H46F3N3O3. The average molecular weight is 722 g/mol. The van der Waals surface area contributed by atoms with Crippen molar-refractivity contribution in [2.75, 3.05) is 17.2 Å². The van der Waals surface area contributed by atoms with Crippen LogP contribution in [0.4, 0.5) is 30.2 Å². The molecule has 6 nitrogen and oxygen atoms in total. The number of anilines is 3. The largest absolute Gasteiger partial charge is 0.453 e. The van der Waals surface area contributed by atoms with Crippen LogP contribution in [-0.4, -0.2) is 0 Å². The van der Waals surface area contributed by atoms with Gasteiger partial charge < -0.3 is 31.4 Å². The minimum Gasteiger partial charge on any atom is -0.453 e. The Morgan fingerprint density at radius 2 is 0.698 bits per heavy atom. The van der Waals surface area contributed by atoms with E-state index in [-0.39, 0.29) is 27.9 Å². The number of hydrogen-bond acceptors (Lipinski definition) is 6. The molecule has 0 atom stereocenters. The molecule has 0 aromatic heterocycles. The zero-order chi connectivity index (χ0) is 36.2. The van der Waals surface area contributed by atoms with E-state index in [1.165, 1.54) is 74.9 Å². The van der Waals surface area contributed by atoms with Gasteiger partial charge in [0, 0.05) is 29.3 Å². The van der Waals surface area contributed by atoms with E-state index in [1.807, 2.05) is 0 Å². The third kappa shape index (κ3) is 5.59. The first-order valence-electron chi connectivity index (χ1n) is 19.4. The van der Waals surface area contributed by atoms with Crippen LogP contribution in [0.15, 0.2) is 60.7 Å². The summed E-state index contributed by atoms with van der Waals surface area (Å²) in [6.45, 7) is 0. The molecule has 0 aliphatic heterocycles. The maximum atomic E-state index is 14.6. The van der Waals surface area contributed by atoms with Crippen LogP contribution in [-0.2, 0) is 10.8 Å². The van der Waals surface area contributed by atoms with Crippen molar-refractivity contribution in [1.82, 2.24) is 0 Å². The second kappa shape index (κ2) is 12.0. The fourth-order valence-corrected chi connectivity index (χ4v) is 12.7. The highest BCUT2D eigenvalue weighted by Gasteiger charge is 2.56. The lowest BCUT2D eigenvalue weighted by molar-refractivity contribution is -0.00959. The van der Waals surface area contributed by atoms with Gasteiger partial charge in [-0.3, -0.25) is 0 Å². The predicted molar refractivity (Wildman–Crippen MR) is 199 cm³/mol. The summed E-state index contributed by atoms with van der Waals surface area (Å²) in [4.78, 5) is 0. The van der Waals surface area contributed by atoms with E-state index < -0.39 is 17.5 Å². The Morgan fingerprint density at radius 1 is 0.415 bits per heavy atom. The standard InChI is InChI=1S/C44H46F3N3O3/c45-34-4-1-29(13-37(34)48)51-40-32(43-17-23-7-24(18-43)9-25(8-23)19-43)16-33(44-20-26-10-27(21-44)12-28(11-26)22-44)41(52-30-2-5-35(46)38(49)14-30)42(40)53-31-3-6-36(47)39(50)15-31/h1-6,13-16,23-28H,7-12,17-22,48-50H2. The molecule has 8 fully saturated rings. The molecule has 53 heavy (non-hydrogen) atoms. The van der Waals surface area contributed by atoms with Crippen molar-refractivity contribution in [2.24, 2.45) is 35.5 Å². The third-order valence-corrected chi connectivity index (χ3v) is 14.0. The monoisotopic (exact) mass is 721 g/mol. The number of nitrogens with two attached hydrogens (primary N) is 3. The van der Waals surface area contributed by atoms with E-state index in [4.69, 9.17) is 31.4 Å². The minimum absolute atomic E-state index is 0.0314. The summed E-state index contributed by atoms with van der Waals surface area (Å²) < 4.78 is 64.5. The molecule has 0 radical (unpaired) electrons. The first-order valence-corrected chi connectivity index (χ1v) is 19.4. The first-order chi connectivity index (χ1) is 25.5. The maximum Gasteiger partial charge on any atom is 0.212 e. The second-order valence-corrected chi connectivity index (χ2v) is 17.7. The molecule has 8 aliphatic rings. The van der Waals surface area contributed by atoms with E-state index in [1.54, 1.807) is 18.2 Å². The van der Waals surface area contributed by atoms with E-state index in [9.17, 15) is 13.2 Å². The van der Waals surface area contributed by atoms with Crippen molar-refractivity contribution in [3.63, 3.8) is 0 Å². The zero-order valence-electron chi connectivity index (χ0n) is 29.8. The van der Waals surface area contributed by atoms with E-state index in [0.29, 0.717) is 70.0 Å². The predicted octanol–water partition coefficient (Wildman–Crippen LogP) is 11.2. The number of hydrogen-bond donors (Lipinski definition) is 3. The van der Waals surface area contributed by atoms with Gasteiger partial charge in [0.1, 0.15) is 34.7 Å². The van der Waals surface area contributed by atoms with Crippen LogP contribution < -0.4 is 31.4 Å². The molecule has 4 aromatic carbocycles. The lowest BCUT2D eigenvalue weighted by Crippen LogP contribution is -2.50. The number of halogens is 3. The Hall–Kier alpha value is -4.53. The Kier molecular flexibility index (Phi) is 7.48. The summed E-state index contributed by atoms with van der Waals surface area (Å²) in [7, 11) is 0. The molecule has 6 N–H and O–H groups in total. The van der Waals surface area contributed by atoms with Crippen LogP contribution in [0.3, 0.4) is 0 Å². The molecule has 8 bridgehead atoms. The molecule has 276 valence electrons. The smallest absolute Gasteiger partial charge is 0.212 e. The highest BCUT2D eigenvalue weighted by Crippen LogP contribution is 2.68. The summed E-state index contributed by atoms with van der Waals surface area (Å²) in [6.07, 6.45) is 13.9. The Bertz CT molecular complexity index is 1940. The maximum absolute atomic E-state index is 14.6. The summed E-state index contributed by atoms with van der Waals surface area (Å²) >= 11 is 0. The molecule has 8 saturated carbocycles. The van der Waals surface area contributed by atoms with Crippen LogP contribution in [0.2, 0.25) is 0 Å². The molecule has 12 rings (SSSR count). The first kappa shape index (κ1) is 33.1. The van der Waals surface area contributed by atoms with Crippen molar-refractivity contribution in [3.05, 3.63) is 89.2 Å². The fourth-order valence-electron chi connectivity index (χ4n) is 12.7. The highest BCUT2D eigenvalue weighted by atomic mass is 19.1. The van der Waals surface area contributed by atoms with Gasteiger partial charge in [-0.2, -0.15) is 0 Å². The third-order valence-electron chi connectivity index (χ3n) is 14.0. The van der Waals surface area contributed by atoms with E-state index in [0.717, 1.165) is 49.7 Å². The van der Waals surface area contributed by atoms with Gasteiger partial charge in [0.05, 0.1) is 17.1 Å². The Balaban J connectivity index is 1.26. The fraction of sp³-hybridized carbons (Fsp3) is 0.455. The van der Waals surface area contributed by atoms with Crippen molar-refractivity contribution in [2.45, 2.75) is 87.9 Å². The summed E-state index contributed by atoms with van der Waals surface area (Å²) in [5.41, 5.74) is 20.0. The Morgan fingerprint density at radius 3 is 0.981 bits per heavy atom. The van der Waals surface area contributed by atoms with Gasteiger partial charge in [0.25, 0.3) is 0 Å². The van der Waals surface area contributed by atoms with Crippen molar-refractivity contribution >= 4 is 17.1 Å². The lowest BCUT2D eigenvalue weighted by Gasteiger charge is -2.59. The zero-order valence-corrected chi connectivity index (χ0v) is 29.8. The van der Waals surface area contributed by atoms with Gasteiger partial charge in [-0.05, 0) is 166 Å². The molecule has 0 spiro atoms. The molecular weight excluding hydrogens is 675 g/mol. The van der Waals surface area contributed by atoms with Crippen molar-refractivity contribution < 1.29 is 27.4 Å². The molecule has 0 heterocycles. The molecule has 0 amide bonds. The molecule has 4 aromatic rings. The summed E-state index contributed by atoms with van der Waals surface area (Å²) in [5.74, 6) is 4.51. The average Bonchev–Trinajstić information content (AvgIpc) is 3.09. The topological polar surface area (TPSA) is 106 Å². The summed E-state index contributed by atoms with van der Waals surface area (Å²) in [5, 5.41) is 0. The highest BCUT2D eigenvalue weighted by molar-refractivity contribution is 5.68. The van der Waals surface area contributed by atoms with Gasteiger partial charge in [0.2, 0.25) is 5.75 Å². The minimum atomic E-state index is -0.551. The van der Waals surface area contributed by atoms with Crippen LogP contribution in [0.25, 0.3) is 0 Å². The molecule has 8 aliphatic carbocycles. The summed E-state index contributed by atoms with van der Waals surface area (Å²) in [6, 6.07) is 15.4. The normalized spacial score (nSPS) is 31.9. The second-order valence-electron chi connectivity index (χ2n) is 17.7. The number of benzene rings is 4. The van der Waals surface area contributed by atoms with Crippen LogP contribution >= 0.6 is 0 Å². The SMILES string of the molecule is Nc1cc(Oc2c(C34CC5CC(CC(C5)C3)C4)cc(C34CC5CC(CC(C5)C3)C4)c(Oc3ccc(F)c(N)c3)c2Oc2ccc(F)c(N)c2)ccc1F. The van der Waals surface area contributed by atoms with E-state index >= 15 is 0 Å². The van der Waals surface area contributed by atoms with Gasteiger partial charge in [-0.25, -0.2) is 13.2 Å². The number of rotatable bonds is 8. The van der Waals surface area contributed by atoms with E-state index in [2.05, 4.69) is 6.07 Å². The lowest BCUT2D eigenvalue weighted by atomic mass is 9.46.